The molecule has 4 heteroatoms. The van der Waals surface area contributed by atoms with E-state index in [1.54, 1.807) is 13.8 Å². The second-order valence-corrected chi connectivity index (χ2v) is 6.07. The normalized spacial score (nSPS) is 18.4. The van der Waals surface area contributed by atoms with Crippen LogP contribution in [0.2, 0.25) is 0 Å². The van der Waals surface area contributed by atoms with Gasteiger partial charge < -0.3 is 15.2 Å². The van der Waals surface area contributed by atoms with Crippen molar-refractivity contribution in [3.63, 3.8) is 0 Å². The number of ether oxygens (including phenoxy) is 1. The van der Waals surface area contributed by atoms with Crippen LogP contribution in [-0.4, -0.2) is 24.7 Å². The van der Waals surface area contributed by atoms with Crippen molar-refractivity contribution in [1.29, 1.82) is 0 Å². The standard InChI is InChI=1S/C16H23NO3/c1-16(2,15(18)19)10-20-12-8-7-11-5-4-6-14(17-3)13(11)9-12/h7-9,14,17H,4-6,10H2,1-3H3,(H,18,19). The van der Waals surface area contributed by atoms with Gasteiger partial charge in [-0.05, 0) is 63.4 Å². The largest absolute Gasteiger partial charge is 0.492 e. The second-order valence-electron chi connectivity index (χ2n) is 6.07. The fraction of sp³-hybridized carbons (Fsp3) is 0.562. The Hall–Kier alpha value is -1.55. The molecule has 1 aliphatic carbocycles. The second kappa shape index (κ2) is 5.83. The molecule has 0 spiro atoms. The van der Waals surface area contributed by atoms with Crippen LogP contribution in [0.1, 0.15) is 43.9 Å². The molecule has 1 atom stereocenters. The van der Waals surface area contributed by atoms with Crippen LogP contribution < -0.4 is 10.1 Å². The summed E-state index contributed by atoms with van der Waals surface area (Å²) in [4.78, 5) is 11.1. The molecule has 1 aliphatic rings. The van der Waals surface area contributed by atoms with Crippen LogP contribution in [0, 0.1) is 5.41 Å². The van der Waals surface area contributed by atoms with Gasteiger partial charge >= 0.3 is 5.97 Å². The Morgan fingerprint density at radius 3 is 2.90 bits per heavy atom. The van der Waals surface area contributed by atoms with Crippen LogP contribution in [0.15, 0.2) is 18.2 Å². The molecule has 4 nitrogen and oxygen atoms in total. The number of nitrogens with one attached hydrogen (secondary N) is 1. The predicted octanol–water partition coefficient (Wildman–Crippen LogP) is 2.77. The van der Waals surface area contributed by atoms with E-state index in [2.05, 4.69) is 11.4 Å². The average Bonchev–Trinajstić information content (AvgIpc) is 2.44. The van der Waals surface area contributed by atoms with Gasteiger partial charge in [-0.2, -0.15) is 0 Å². The molecule has 0 amide bonds. The van der Waals surface area contributed by atoms with Gasteiger partial charge in [0.2, 0.25) is 0 Å². The van der Waals surface area contributed by atoms with E-state index in [0.29, 0.717) is 6.04 Å². The van der Waals surface area contributed by atoms with Gasteiger partial charge in [0.1, 0.15) is 12.4 Å². The van der Waals surface area contributed by atoms with Crippen LogP contribution in [0.3, 0.4) is 0 Å². The number of carboxylic acids is 1. The summed E-state index contributed by atoms with van der Waals surface area (Å²) in [6, 6.07) is 6.46. The Kier molecular flexibility index (Phi) is 4.33. The Morgan fingerprint density at radius 2 is 2.25 bits per heavy atom. The van der Waals surface area contributed by atoms with Gasteiger partial charge in [-0.3, -0.25) is 4.79 Å². The number of rotatable bonds is 5. The minimum absolute atomic E-state index is 0.172. The van der Waals surface area contributed by atoms with Crippen molar-refractivity contribution in [3.8, 4) is 5.75 Å². The molecule has 20 heavy (non-hydrogen) atoms. The van der Waals surface area contributed by atoms with Crippen molar-refractivity contribution in [1.82, 2.24) is 5.32 Å². The fourth-order valence-electron chi connectivity index (χ4n) is 2.49. The number of fused-ring (bicyclic) bond motifs is 1. The number of benzene rings is 1. The highest BCUT2D eigenvalue weighted by Crippen LogP contribution is 2.32. The maximum Gasteiger partial charge on any atom is 0.312 e. The molecular formula is C16H23NO3. The van der Waals surface area contributed by atoms with E-state index in [1.807, 2.05) is 19.2 Å². The summed E-state index contributed by atoms with van der Waals surface area (Å²) in [6.45, 7) is 3.51. The summed E-state index contributed by atoms with van der Waals surface area (Å²) in [5.74, 6) is -0.0937. The first-order valence-corrected chi connectivity index (χ1v) is 7.10. The third-order valence-electron chi connectivity index (χ3n) is 3.96. The van der Waals surface area contributed by atoms with Crippen molar-refractivity contribution >= 4 is 5.97 Å². The Morgan fingerprint density at radius 1 is 1.50 bits per heavy atom. The maximum atomic E-state index is 11.1. The van der Waals surface area contributed by atoms with Gasteiger partial charge in [-0.1, -0.05) is 6.07 Å². The van der Waals surface area contributed by atoms with Crippen LogP contribution in [-0.2, 0) is 11.2 Å². The summed E-state index contributed by atoms with van der Waals surface area (Å²) in [7, 11) is 1.97. The van der Waals surface area contributed by atoms with Crippen LogP contribution in [0.25, 0.3) is 0 Å². The van der Waals surface area contributed by atoms with Gasteiger partial charge in [0.15, 0.2) is 0 Å². The molecule has 1 unspecified atom stereocenters. The Bertz CT molecular complexity index is 496. The molecular weight excluding hydrogens is 254 g/mol. The van der Waals surface area contributed by atoms with Gasteiger partial charge in [0, 0.05) is 6.04 Å². The fourth-order valence-corrected chi connectivity index (χ4v) is 2.49. The molecule has 0 radical (unpaired) electrons. The molecule has 0 fully saturated rings. The van der Waals surface area contributed by atoms with Gasteiger partial charge in [0.05, 0.1) is 5.41 Å². The molecule has 0 aliphatic heterocycles. The summed E-state index contributed by atoms with van der Waals surface area (Å²) in [6.07, 6.45) is 3.44. The predicted molar refractivity (Wildman–Crippen MR) is 78.1 cm³/mol. The zero-order valence-electron chi connectivity index (χ0n) is 12.4. The Balaban J connectivity index is 2.13. The van der Waals surface area contributed by atoms with Crippen molar-refractivity contribution in [2.24, 2.45) is 5.41 Å². The van der Waals surface area contributed by atoms with E-state index < -0.39 is 11.4 Å². The number of hydrogen-bond donors (Lipinski definition) is 2. The topological polar surface area (TPSA) is 58.6 Å². The van der Waals surface area contributed by atoms with Gasteiger partial charge in [-0.25, -0.2) is 0 Å². The van der Waals surface area contributed by atoms with Gasteiger partial charge in [-0.15, -0.1) is 0 Å². The molecule has 1 aromatic carbocycles. The lowest BCUT2D eigenvalue weighted by Crippen LogP contribution is -2.30. The van der Waals surface area contributed by atoms with Crippen LogP contribution in [0.5, 0.6) is 5.75 Å². The number of carbonyl (C=O) groups is 1. The van der Waals surface area contributed by atoms with Gasteiger partial charge in [0.25, 0.3) is 0 Å². The first kappa shape index (κ1) is 14.9. The third kappa shape index (κ3) is 3.12. The lowest BCUT2D eigenvalue weighted by atomic mass is 9.87. The van der Waals surface area contributed by atoms with E-state index in [9.17, 15) is 4.79 Å². The summed E-state index contributed by atoms with van der Waals surface area (Å²) in [5.41, 5.74) is 1.77. The summed E-state index contributed by atoms with van der Waals surface area (Å²) in [5, 5.41) is 12.4. The van der Waals surface area contributed by atoms with Crippen molar-refractivity contribution in [3.05, 3.63) is 29.3 Å². The molecule has 2 rings (SSSR count). The molecule has 1 aromatic rings. The van der Waals surface area contributed by atoms with E-state index in [4.69, 9.17) is 9.84 Å². The van der Waals surface area contributed by atoms with Crippen molar-refractivity contribution in [2.75, 3.05) is 13.7 Å². The van der Waals surface area contributed by atoms with Crippen molar-refractivity contribution in [2.45, 2.75) is 39.2 Å². The van der Waals surface area contributed by atoms with E-state index in [-0.39, 0.29) is 6.61 Å². The molecule has 0 heterocycles. The zero-order valence-corrected chi connectivity index (χ0v) is 12.4. The smallest absolute Gasteiger partial charge is 0.312 e. The zero-order chi connectivity index (χ0) is 14.8. The van der Waals surface area contributed by atoms with Crippen LogP contribution >= 0.6 is 0 Å². The minimum atomic E-state index is -0.877. The highest BCUT2D eigenvalue weighted by Gasteiger charge is 2.28. The molecule has 110 valence electrons. The number of aliphatic carboxylic acids is 1. The lowest BCUT2D eigenvalue weighted by Gasteiger charge is -2.26. The lowest BCUT2D eigenvalue weighted by molar-refractivity contribution is -0.148. The quantitative estimate of drug-likeness (QED) is 0.869. The minimum Gasteiger partial charge on any atom is -0.492 e. The first-order valence-electron chi connectivity index (χ1n) is 7.10. The highest BCUT2D eigenvalue weighted by atomic mass is 16.5. The first-order chi connectivity index (χ1) is 9.44. The van der Waals surface area contributed by atoms with Crippen LogP contribution in [0.4, 0.5) is 0 Å². The molecule has 2 N–H and O–H groups in total. The van der Waals surface area contributed by atoms with E-state index in [1.165, 1.54) is 17.5 Å². The maximum absolute atomic E-state index is 11.1. The third-order valence-corrected chi connectivity index (χ3v) is 3.96. The number of carboxylic acid groups (broad SMARTS) is 1. The Labute approximate surface area is 120 Å². The van der Waals surface area contributed by atoms with Crippen molar-refractivity contribution < 1.29 is 14.6 Å². The van der Waals surface area contributed by atoms with E-state index in [0.717, 1.165) is 18.6 Å². The summed E-state index contributed by atoms with van der Waals surface area (Å²) >= 11 is 0. The molecule has 0 aromatic heterocycles. The SMILES string of the molecule is CNC1CCCc2ccc(OCC(C)(C)C(=O)O)cc21. The number of aryl methyl sites for hydroxylation is 1. The average molecular weight is 277 g/mol. The molecule has 0 saturated heterocycles. The highest BCUT2D eigenvalue weighted by molar-refractivity contribution is 5.73. The molecule has 0 saturated carbocycles. The summed E-state index contributed by atoms with van der Waals surface area (Å²) < 4.78 is 5.68. The monoisotopic (exact) mass is 277 g/mol. The molecule has 0 bridgehead atoms. The number of hydrogen-bond acceptors (Lipinski definition) is 3. The van der Waals surface area contributed by atoms with E-state index >= 15 is 0 Å².